The van der Waals surface area contributed by atoms with E-state index in [1.165, 1.54) is 38.5 Å². The van der Waals surface area contributed by atoms with Crippen molar-refractivity contribution in [3.63, 3.8) is 0 Å². The molecule has 0 aliphatic heterocycles. The zero-order valence-electron chi connectivity index (χ0n) is 12.0. The van der Waals surface area contributed by atoms with E-state index in [9.17, 15) is 0 Å². The molecule has 0 saturated heterocycles. The molecule has 0 aromatic heterocycles. The van der Waals surface area contributed by atoms with Crippen LogP contribution in [0.2, 0.25) is 0 Å². The van der Waals surface area contributed by atoms with Crippen LogP contribution < -0.4 is 10.6 Å². The second-order valence-corrected chi connectivity index (χ2v) is 4.93. The molecule has 16 heavy (non-hydrogen) atoms. The molecule has 0 spiro atoms. The van der Waals surface area contributed by atoms with Gasteiger partial charge in [-0.2, -0.15) is 0 Å². The maximum atomic E-state index is 3.70. The Hall–Kier alpha value is -0.0800. The number of rotatable bonds is 10. The Morgan fingerprint density at radius 2 is 1.69 bits per heavy atom. The lowest BCUT2D eigenvalue weighted by Crippen LogP contribution is -2.49. The number of unbranched alkanes of at least 4 members (excludes halogenated alkanes) is 1. The van der Waals surface area contributed by atoms with Crippen LogP contribution in [0, 0.1) is 5.92 Å². The normalized spacial score (nSPS) is 17.1. The van der Waals surface area contributed by atoms with Crippen LogP contribution in [0.5, 0.6) is 0 Å². The molecule has 0 bridgehead atoms. The summed E-state index contributed by atoms with van der Waals surface area (Å²) in [5, 5.41) is 7.15. The molecule has 0 aliphatic rings. The molecule has 0 aromatic rings. The predicted octanol–water partition coefficient (Wildman–Crippen LogP) is 3.53. The molecule has 0 aromatic carbocycles. The topological polar surface area (TPSA) is 24.1 Å². The third-order valence-electron chi connectivity index (χ3n) is 3.45. The molecular weight excluding hydrogens is 196 g/mol. The monoisotopic (exact) mass is 228 g/mol. The Bertz CT molecular complexity index is 148. The van der Waals surface area contributed by atoms with E-state index in [0.717, 1.165) is 5.92 Å². The first-order valence-electron chi connectivity index (χ1n) is 7.12. The van der Waals surface area contributed by atoms with Crippen molar-refractivity contribution >= 4 is 0 Å². The molecule has 0 amide bonds. The van der Waals surface area contributed by atoms with E-state index in [2.05, 4.69) is 45.4 Å². The van der Waals surface area contributed by atoms with Gasteiger partial charge in [0.2, 0.25) is 0 Å². The summed E-state index contributed by atoms with van der Waals surface area (Å²) < 4.78 is 0. The van der Waals surface area contributed by atoms with E-state index in [1.807, 2.05) is 0 Å². The lowest BCUT2D eigenvalue weighted by molar-refractivity contribution is 0.255. The van der Waals surface area contributed by atoms with Crippen LogP contribution in [0.4, 0.5) is 0 Å². The van der Waals surface area contributed by atoms with E-state index in [0.29, 0.717) is 12.2 Å². The van der Waals surface area contributed by atoms with Crippen LogP contribution in [0.25, 0.3) is 0 Å². The molecule has 0 aliphatic carbocycles. The maximum absolute atomic E-state index is 3.70. The molecule has 0 fully saturated rings. The van der Waals surface area contributed by atoms with Gasteiger partial charge in [-0.3, -0.25) is 5.32 Å². The number of nitrogens with one attached hydrogen (secondary N) is 2. The summed E-state index contributed by atoms with van der Waals surface area (Å²) in [4.78, 5) is 0. The van der Waals surface area contributed by atoms with E-state index in [-0.39, 0.29) is 0 Å². The van der Waals surface area contributed by atoms with Gasteiger partial charge in [-0.25, -0.2) is 0 Å². The Kier molecular flexibility index (Phi) is 10.0. The van der Waals surface area contributed by atoms with E-state index in [1.54, 1.807) is 0 Å². The van der Waals surface area contributed by atoms with E-state index in [4.69, 9.17) is 0 Å². The van der Waals surface area contributed by atoms with Gasteiger partial charge in [0.05, 0.1) is 6.17 Å². The first kappa shape index (κ1) is 15.9. The van der Waals surface area contributed by atoms with Gasteiger partial charge in [-0.05, 0) is 39.2 Å². The molecule has 0 radical (unpaired) electrons. The van der Waals surface area contributed by atoms with Crippen molar-refractivity contribution in [3.05, 3.63) is 0 Å². The minimum atomic E-state index is 0.487. The highest BCUT2D eigenvalue weighted by Crippen LogP contribution is 2.18. The fraction of sp³-hybridized carbons (Fsp3) is 1.00. The molecule has 0 heterocycles. The smallest absolute Gasteiger partial charge is 0.0600 e. The molecule has 98 valence electrons. The molecule has 2 N–H and O–H groups in total. The van der Waals surface area contributed by atoms with Crippen LogP contribution in [0.1, 0.15) is 66.2 Å². The SMILES string of the molecule is CCCCC(CCC)C(NC)NC(C)CC. The number of hydrogen-bond acceptors (Lipinski definition) is 2. The van der Waals surface area contributed by atoms with Gasteiger partial charge in [-0.15, -0.1) is 0 Å². The van der Waals surface area contributed by atoms with Crippen molar-refractivity contribution in [3.8, 4) is 0 Å². The van der Waals surface area contributed by atoms with Gasteiger partial charge in [0.1, 0.15) is 0 Å². The zero-order valence-corrected chi connectivity index (χ0v) is 12.0. The summed E-state index contributed by atoms with van der Waals surface area (Å²) in [5.74, 6) is 0.781. The Labute approximate surface area is 103 Å². The minimum Gasteiger partial charge on any atom is -0.305 e. The minimum absolute atomic E-state index is 0.487. The third-order valence-corrected chi connectivity index (χ3v) is 3.45. The van der Waals surface area contributed by atoms with Gasteiger partial charge < -0.3 is 5.32 Å². The van der Waals surface area contributed by atoms with Crippen molar-refractivity contribution in [2.75, 3.05) is 7.05 Å². The highest BCUT2D eigenvalue weighted by Gasteiger charge is 2.19. The summed E-state index contributed by atoms with van der Waals surface area (Å²) >= 11 is 0. The van der Waals surface area contributed by atoms with Crippen molar-refractivity contribution in [2.24, 2.45) is 5.92 Å². The molecule has 3 unspecified atom stereocenters. The van der Waals surface area contributed by atoms with Gasteiger partial charge in [0, 0.05) is 6.04 Å². The average Bonchev–Trinajstić information content (AvgIpc) is 2.31. The average molecular weight is 228 g/mol. The Balaban J connectivity index is 4.20. The summed E-state index contributed by atoms with van der Waals surface area (Å²) in [6.07, 6.45) is 8.31. The zero-order chi connectivity index (χ0) is 12.4. The maximum Gasteiger partial charge on any atom is 0.0600 e. The highest BCUT2D eigenvalue weighted by molar-refractivity contribution is 4.75. The second-order valence-electron chi connectivity index (χ2n) is 4.93. The van der Waals surface area contributed by atoms with Crippen LogP contribution in [0.15, 0.2) is 0 Å². The fourth-order valence-corrected chi connectivity index (χ4v) is 2.19. The molecule has 2 nitrogen and oxygen atoms in total. The standard InChI is InChI=1S/C14H32N2/c1-6-9-11-13(10-7-2)14(15-5)16-12(4)8-3/h12-16H,6-11H2,1-5H3. The van der Waals surface area contributed by atoms with Crippen molar-refractivity contribution in [1.82, 2.24) is 10.6 Å². The third kappa shape index (κ3) is 6.49. The summed E-state index contributed by atoms with van der Waals surface area (Å²) in [7, 11) is 2.08. The Morgan fingerprint density at radius 3 is 2.12 bits per heavy atom. The van der Waals surface area contributed by atoms with Gasteiger partial charge in [0.25, 0.3) is 0 Å². The quantitative estimate of drug-likeness (QED) is 0.559. The largest absolute Gasteiger partial charge is 0.305 e. The molecule has 3 atom stereocenters. The lowest BCUT2D eigenvalue weighted by atomic mass is 9.93. The lowest BCUT2D eigenvalue weighted by Gasteiger charge is -2.30. The van der Waals surface area contributed by atoms with Gasteiger partial charge in [-0.1, -0.05) is 40.0 Å². The molecule has 0 saturated carbocycles. The summed E-state index contributed by atoms with van der Waals surface area (Å²) in [6, 6.07) is 0.610. The molecule has 0 rings (SSSR count). The van der Waals surface area contributed by atoms with Crippen molar-refractivity contribution in [2.45, 2.75) is 78.4 Å². The second kappa shape index (κ2) is 10.1. The van der Waals surface area contributed by atoms with Crippen molar-refractivity contribution < 1.29 is 0 Å². The Morgan fingerprint density at radius 1 is 1.00 bits per heavy atom. The fourth-order valence-electron chi connectivity index (χ4n) is 2.19. The molecular formula is C14H32N2. The van der Waals surface area contributed by atoms with E-state index < -0.39 is 0 Å². The summed E-state index contributed by atoms with van der Waals surface area (Å²) in [6.45, 7) is 9.08. The van der Waals surface area contributed by atoms with Gasteiger partial charge in [0.15, 0.2) is 0 Å². The first-order chi connectivity index (χ1) is 7.69. The van der Waals surface area contributed by atoms with Crippen molar-refractivity contribution in [1.29, 1.82) is 0 Å². The van der Waals surface area contributed by atoms with Crippen LogP contribution >= 0.6 is 0 Å². The van der Waals surface area contributed by atoms with Crippen LogP contribution in [-0.2, 0) is 0 Å². The van der Waals surface area contributed by atoms with Crippen LogP contribution in [-0.4, -0.2) is 19.3 Å². The van der Waals surface area contributed by atoms with E-state index >= 15 is 0 Å². The molecule has 2 heteroatoms. The highest BCUT2D eigenvalue weighted by atomic mass is 15.1. The predicted molar refractivity (Wildman–Crippen MR) is 73.7 cm³/mol. The van der Waals surface area contributed by atoms with Gasteiger partial charge >= 0.3 is 0 Å². The van der Waals surface area contributed by atoms with Crippen LogP contribution in [0.3, 0.4) is 0 Å². The number of hydrogen-bond donors (Lipinski definition) is 2. The first-order valence-corrected chi connectivity index (χ1v) is 7.12. The summed E-state index contributed by atoms with van der Waals surface area (Å²) in [5.41, 5.74) is 0.